The quantitative estimate of drug-likeness (QED) is 0.211. The molecule has 0 spiro atoms. The summed E-state index contributed by atoms with van der Waals surface area (Å²) in [6.45, 7) is 1.21. The fraction of sp³-hybridized carbons (Fsp3) is 0.556. The number of methoxy groups -OCH3 is 2. The maximum absolute atomic E-state index is 6.30. The first-order valence-corrected chi connectivity index (χ1v) is 12.1. The van der Waals surface area contributed by atoms with E-state index >= 15 is 0 Å². The molecule has 2 aromatic rings. The van der Waals surface area contributed by atoms with E-state index in [9.17, 15) is 0 Å². The largest absolute Gasteiger partial charge is 0.359 e. The number of ether oxygens (including phenoxy) is 9. The van der Waals surface area contributed by atoms with Crippen LogP contribution in [0, 0.1) is 0 Å². The zero-order valence-electron chi connectivity index (χ0n) is 21.1. The lowest BCUT2D eigenvalue weighted by Crippen LogP contribution is -2.18. The topological polar surface area (TPSA) is 83.1 Å². The van der Waals surface area contributed by atoms with Gasteiger partial charge in [0.2, 0.25) is 0 Å². The third kappa shape index (κ3) is 7.55. The fourth-order valence-corrected chi connectivity index (χ4v) is 4.27. The van der Waals surface area contributed by atoms with Gasteiger partial charge in [-0.05, 0) is 64.6 Å². The van der Waals surface area contributed by atoms with Crippen molar-refractivity contribution in [3.63, 3.8) is 0 Å². The minimum absolute atomic E-state index is 0.0588. The zero-order valence-corrected chi connectivity index (χ0v) is 21.1. The molecule has 0 N–H and O–H groups in total. The van der Waals surface area contributed by atoms with Gasteiger partial charge in [-0.25, -0.2) is 0 Å². The lowest BCUT2D eigenvalue weighted by molar-refractivity contribution is -0.193. The molecule has 1 atom stereocenters. The third-order valence-corrected chi connectivity index (χ3v) is 6.25. The van der Waals surface area contributed by atoms with Crippen LogP contribution in [0.5, 0.6) is 0 Å². The maximum atomic E-state index is 6.30. The second kappa shape index (κ2) is 14.7. The van der Waals surface area contributed by atoms with E-state index in [2.05, 4.69) is 30.3 Å². The number of aryl methyl sites for hydroxylation is 4. The zero-order chi connectivity index (χ0) is 25.0. The molecule has 0 fully saturated rings. The summed E-state index contributed by atoms with van der Waals surface area (Å²) in [6, 6.07) is 11.1. The van der Waals surface area contributed by atoms with Crippen molar-refractivity contribution in [1.29, 1.82) is 0 Å². The molecule has 36 heavy (non-hydrogen) atoms. The molecule has 2 aliphatic rings. The van der Waals surface area contributed by atoms with E-state index < -0.39 is 0 Å². The summed E-state index contributed by atoms with van der Waals surface area (Å²) in [5.74, 6) is 0. The Kier molecular flexibility index (Phi) is 11.1. The highest BCUT2D eigenvalue weighted by molar-refractivity contribution is 5.48. The predicted molar refractivity (Wildman–Crippen MR) is 129 cm³/mol. The summed E-state index contributed by atoms with van der Waals surface area (Å²) in [5.41, 5.74) is 8.76. The first-order chi connectivity index (χ1) is 17.8. The van der Waals surface area contributed by atoms with Crippen molar-refractivity contribution in [2.75, 3.05) is 61.8 Å². The highest BCUT2D eigenvalue weighted by Crippen LogP contribution is 2.36. The SMILES string of the molecule is COCOCOCOCOC(c1ccc2c(c1)CC2)c1cc2c(cc1COCOCOCOC)CC2. The molecule has 4 rings (SSSR count). The molecular weight excluding hydrogens is 468 g/mol. The van der Waals surface area contributed by atoms with Gasteiger partial charge in [-0.1, -0.05) is 30.3 Å². The summed E-state index contributed by atoms with van der Waals surface area (Å²) in [5, 5.41) is 0. The van der Waals surface area contributed by atoms with E-state index in [1.54, 1.807) is 14.2 Å². The van der Waals surface area contributed by atoms with Crippen molar-refractivity contribution in [2.24, 2.45) is 0 Å². The second-order valence-electron chi connectivity index (χ2n) is 8.67. The van der Waals surface area contributed by atoms with Gasteiger partial charge in [-0.3, -0.25) is 0 Å². The van der Waals surface area contributed by atoms with E-state index in [1.165, 1.54) is 22.3 Å². The van der Waals surface area contributed by atoms with Crippen LogP contribution in [0.1, 0.15) is 45.0 Å². The molecule has 0 radical (unpaired) electrons. The number of benzene rings is 2. The Bertz CT molecular complexity index is 949. The van der Waals surface area contributed by atoms with Gasteiger partial charge in [0.25, 0.3) is 0 Å². The van der Waals surface area contributed by atoms with Gasteiger partial charge in [-0.2, -0.15) is 0 Å². The molecule has 0 amide bonds. The molecule has 0 saturated carbocycles. The van der Waals surface area contributed by atoms with Gasteiger partial charge >= 0.3 is 0 Å². The molecule has 2 aliphatic carbocycles. The summed E-state index contributed by atoms with van der Waals surface area (Å²) >= 11 is 0. The van der Waals surface area contributed by atoms with Crippen molar-refractivity contribution < 1.29 is 42.6 Å². The number of hydrogen-bond acceptors (Lipinski definition) is 9. The summed E-state index contributed by atoms with van der Waals surface area (Å²) in [6.07, 6.45) is 4.10. The molecule has 0 saturated heterocycles. The molecule has 1 unspecified atom stereocenters. The summed E-state index contributed by atoms with van der Waals surface area (Å²) < 4.78 is 48.2. The van der Waals surface area contributed by atoms with Gasteiger partial charge in [0.05, 0.1) is 6.61 Å². The molecular formula is C27H36O9. The maximum Gasteiger partial charge on any atom is 0.152 e. The first kappa shape index (κ1) is 27.1. The Morgan fingerprint density at radius 3 is 1.75 bits per heavy atom. The molecule has 198 valence electrons. The molecule has 9 heteroatoms. The van der Waals surface area contributed by atoms with E-state index in [0.717, 1.165) is 42.4 Å². The second-order valence-corrected chi connectivity index (χ2v) is 8.67. The van der Waals surface area contributed by atoms with Crippen LogP contribution in [-0.4, -0.2) is 61.8 Å². The number of fused-ring (bicyclic) bond motifs is 2. The fourth-order valence-electron chi connectivity index (χ4n) is 4.27. The van der Waals surface area contributed by atoms with Crippen molar-refractivity contribution in [3.05, 3.63) is 69.3 Å². The van der Waals surface area contributed by atoms with E-state index in [-0.39, 0.29) is 53.7 Å². The van der Waals surface area contributed by atoms with E-state index in [1.807, 2.05) is 0 Å². The Hall–Kier alpha value is -1.92. The van der Waals surface area contributed by atoms with E-state index in [4.69, 9.17) is 42.6 Å². The van der Waals surface area contributed by atoms with Gasteiger partial charge in [0, 0.05) is 14.2 Å². The summed E-state index contributed by atoms with van der Waals surface area (Å²) in [4.78, 5) is 0. The van der Waals surface area contributed by atoms with E-state index in [0.29, 0.717) is 6.61 Å². The van der Waals surface area contributed by atoms with Crippen LogP contribution in [-0.2, 0) is 74.9 Å². The smallest absolute Gasteiger partial charge is 0.152 e. The highest BCUT2D eigenvalue weighted by Gasteiger charge is 2.25. The van der Waals surface area contributed by atoms with Crippen molar-refractivity contribution in [3.8, 4) is 0 Å². The molecule has 0 aromatic heterocycles. The van der Waals surface area contributed by atoms with Gasteiger partial charge < -0.3 is 42.6 Å². The normalized spacial score (nSPS) is 14.6. The Morgan fingerprint density at radius 2 is 1.14 bits per heavy atom. The van der Waals surface area contributed by atoms with Crippen LogP contribution in [0.4, 0.5) is 0 Å². The minimum atomic E-state index is -0.295. The average Bonchev–Trinajstić information content (AvgIpc) is 2.85. The van der Waals surface area contributed by atoms with Crippen LogP contribution >= 0.6 is 0 Å². The molecule has 2 aromatic carbocycles. The Labute approximate surface area is 212 Å². The average molecular weight is 505 g/mol. The molecule has 9 nitrogen and oxygen atoms in total. The summed E-state index contributed by atoms with van der Waals surface area (Å²) in [7, 11) is 3.12. The van der Waals surface area contributed by atoms with Gasteiger partial charge in [0.15, 0.2) is 27.2 Å². The predicted octanol–water partition coefficient (Wildman–Crippen LogP) is 3.58. The van der Waals surface area contributed by atoms with Crippen molar-refractivity contribution in [1.82, 2.24) is 0 Å². The van der Waals surface area contributed by atoms with Crippen LogP contribution in [0.25, 0.3) is 0 Å². The van der Waals surface area contributed by atoms with Crippen LogP contribution in [0.3, 0.4) is 0 Å². The molecule has 0 bridgehead atoms. The van der Waals surface area contributed by atoms with Crippen molar-refractivity contribution in [2.45, 2.75) is 38.4 Å². The van der Waals surface area contributed by atoms with Crippen LogP contribution in [0.2, 0.25) is 0 Å². The minimum Gasteiger partial charge on any atom is -0.359 e. The number of rotatable bonds is 19. The monoisotopic (exact) mass is 504 g/mol. The van der Waals surface area contributed by atoms with Crippen LogP contribution in [0.15, 0.2) is 30.3 Å². The molecule has 0 heterocycles. The van der Waals surface area contributed by atoms with Gasteiger partial charge in [0.1, 0.15) is 26.5 Å². The lowest BCUT2D eigenvalue weighted by atomic mass is 9.81. The standard InChI is InChI=1S/C27H36O9/c1-28-13-31-16-33-15-30-12-25-10-22-6-7-23(22)11-26(25)27(24-8-4-20-3-5-21(20)9-24)36-19-35-18-34-17-32-14-29-2/h4,8-11,27H,3,5-7,12-19H2,1-2H3. The third-order valence-electron chi connectivity index (χ3n) is 6.25. The van der Waals surface area contributed by atoms with Crippen LogP contribution < -0.4 is 0 Å². The van der Waals surface area contributed by atoms with Gasteiger partial charge in [-0.15, -0.1) is 0 Å². The first-order valence-electron chi connectivity index (χ1n) is 12.1. The Morgan fingerprint density at radius 1 is 0.583 bits per heavy atom. The van der Waals surface area contributed by atoms with Crippen molar-refractivity contribution >= 4 is 0 Å². The molecule has 0 aliphatic heterocycles. The Balaban J connectivity index is 1.41. The lowest BCUT2D eigenvalue weighted by Gasteiger charge is -2.28. The number of hydrogen-bond donors (Lipinski definition) is 0. The highest BCUT2D eigenvalue weighted by atomic mass is 16.8.